The third-order valence-electron chi connectivity index (χ3n) is 1.06. The number of rotatable bonds is 2. The molecule has 0 rings (SSSR count). The van der Waals surface area contributed by atoms with Crippen LogP contribution in [-0.4, -0.2) is 24.6 Å². The van der Waals surface area contributed by atoms with Gasteiger partial charge in [-0.05, 0) is 20.8 Å². The van der Waals surface area contributed by atoms with Gasteiger partial charge in [-0.15, -0.1) is 0 Å². The Bertz CT molecular complexity index is 156. The molecule has 0 spiro atoms. The summed E-state index contributed by atoms with van der Waals surface area (Å²) in [5.41, 5.74) is 6.30. The Morgan fingerprint density at radius 1 is 1.40 bits per heavy atom. The van der Waals surface area contributed by atoms with Crippen molar-refractivity contribution in [2.24, 2.45) is 15.7 Å². The summed E-state index contributed by atoms with van der Waals surface area (Å²) in [4.78, 5) is 8.01. The van der Waals surface area contributed by atoms with Crippen molar-refractivity contribution < 1.29 is 0 Å². The number of nitrogens with two attached hydrogens (primary N) is 1. The van der Waals surface area contributed by atoms with Crippen LogP contribution in [0.5, 0.6) is 0 Å². The van der Waals surface area contributed by atoms with E-state index in [2.05, 4.69) is 9.98 Å². The lowest BCUT2D eigenvalue weighted by Gasteiger charge is -2.00. The normalized spacial score (nSPS) is 14.5. The molecule has 0 aliphatic carbocycles. The largest absolute Gasteiger partial charge is 0.383 e. The van der Waals surface area contributed by atoms with Gasteiger partial charge in [-0.25, -0.2) is 0 Å². The van der Waals surface area contributed by atoms with Crippen molar-refractivity contribution in [3.63, 3.8) is 0 Å². The molecule has 0 heterocycles. The summed E-state index contributed by atoms with van der Waals surface area (Å²) in [6.45, 7) is 5.88. The molecule has 0 unspecified atom stereocenters. The summed E-state index contributed by atoms with van der Waals surface area (Å²) >= 11 is 0. The van der Waals surface area contributed by atoms with Crippen molar-refractivity contribution in [1.82, 2.24) is 0 Å². The van der Waals surface area contributed by atoms with Crippen molar-refractivity contribution in [1.29, 1.82) is 0 Å². The van der Waals surface area contributed by atoms with E-state index in [0.717, 1.165) is 5.71 Å². The molecule has 0 aromatic carbocycles. The molecule has 0 saturated heterocycles. The van der Waals surface area contributed by atoms with Crippen LogP contribution in [-0.2, 0) is 0 Å². The third kappa shape index (κ3) is 3.22. The summed E-state index contributed by atoms with van der Waals surface area (Å²) in [7, 11) is 1.66. The van der Waals surface area contributed by atoms with Gasteiger partial charge in [-0.1, -0.05) is 0 Å². The van der Waals surface area contributed by atoms with Gasteiger partial charge in [0.1, 0.15) is 5.84 Å². The summed E-state index contributed by atoms with van der Waals surface area (Å²) in [6.07, 6.45) is 0. The Morgan fingerprint density at radius 2 is 1.90 bits per heavy atom. The predicted octanol–water partition coefficient (Wildman–Crippen LogP) is 0.843. The summed E-state index contributed by atoms with van der Waals surface area (Å²) < 4.78 is 0. The summed E-state index contributed by atoms with van der Waals surface area (Å²) in [5.74, 6) is 0.522. The van der Waals surface area contributed by atoms with Crippen LogP contribution >= 0.6 is 0 Å². The van der Waals surface area contributed by atoms with Crippen LogP contribution in [0.1, 0.15) is 20.8 Å². The first kappa shape index (κ1) is 9.14. The molecule has 0 fully saturated rings. The van der Waals surface area contributed by atoms with Crippen molar-refractivity contribution in [3.05, 3.63) is 0 Å². The highest BCUT2D eigenvalue weighted by atomic mass is 14.9. The van der Waals surface area contributed by atoms with E-state index in [4.69, 9.17) is 5.73 Å². The fraction of sp³-hybridized carbons (Fsp3) is 0.714. The SMILES string of the molecule is CN=C(N)C(C)=NC(C)C. The molecule has 10 heavy (non-hydrogen) atoms. The zero-order valence-corrected chi connectivity index (χ0v) is 7.05. The summed E-state index contributed by atoms with van der Waals surface area (Å²) in [6, 6.07) is 0.292. The van der Waals surface area contributed by atoms with Crippen LogP contribution in [0.2, 0.25) is 0 Å². The fourth-order valence-electron chi connectivity index (χ4n) is 0.615. The van der Waals surface area contributed by atoms with E-state index in [1.54, 1.807) is 7.05 Å². The molecule has 3 nitrogen and oxygen atoms in total. The second-order valence-electron chi connectivity index (χ2n) is 2.42. The van der Waals surface area contributed by atoms with Gasteiger partial charge in [-0.3, -0.25) is 9.98 Å². The quantitative estimate of drug-likeness (QED) is 0.449. The average molecular weight is 141 g/mol. The molecule has 58 valence electrons. The maximum Gasteiger partial charge on any atom is 0.139 e. The number of hydrogen-bond donors (Lipinski definition) is 1. The highest BCUT2D eigenvalue weighted by molar-refractivity contribution is 6.39. The molecule has 0 aromatic heterocycles. The van der Waals surface area contributed by atoms with E-state index in [0.29, 0.717) is 11.9 Å². The third-order valence-corrected chi connectivity index (χ3v) is 1.06. The standard InChI is InChI=1S/C7H15N3/c1-5(2)10-6(3)7(8)9-4/h5H,1-4H3,(H2,8,9). The van der Waals surface area contributed by atoms with Crippen LogP contribution in [0, 0.1) is 0 Å². The van der Waals surface area contributed by atoms with Crippen LogP contribution in [0.3, 0.4) is 0 Å². The zero-order valence-electron chi connectivity index (χ0n) is 7.05. The Kier molecular flexibility index (Phi) is 3.69. The minimum Gasteiger partial charge on any atom is -0.383 e. The van der Waals surface area contributed by atoms with Gasteiger partial charge in [-0.2, -0.15) is 0 Å². The molecule has 0 atom stereocenters. The average Bonchev–Trinajstić information content (AvgIpc) is 1.85. The molecule has 0 amide bonds. The van der Waals surface area contributed by atoms with Crippen molar-refractivity contribution in [3.8, 4) is 0 Å². The monoisotopic (exact) mass is 141 g/mol. The van der Waals surface area contributed by atoms with Crippen molar-refractivity contribution in [2.45, 2.75) is 26.8 Å². The molecule has 0 aromatic rings. The zero-order chi connectivity index (χ0) is 8.15. The summed E-state index contributed by atoms with van der Waals surface area (Å²) in [5, 5.41) is 0. The maximum atomic E-state index is 5.48. The first-order valence-corrected chi connectivity index (χ1v) is 3.35. The molecular formula is C7H15N3. The molecule has 0 aliphatic heterocycles. The van der Waals surface area contributed by atoms with E-state index in [9.17, 15) is 0 Å². The first-order chi connectivity index (χ1) is 4.57. The van der Waals surface area contributed by atoms with Crippen LogP contribution < -0.4 is 5.73 Å². The smallest absolute Gasteiger partial charge is 0.139 e. The van der Waals surface area contributed by atoms with Crippen LogP contribution in [0.15, 0.2) is 9.98 Å². The molecule has 0 bridgehead atoms. The topological polar surface area (TPSA) is 50.7 Å². The Hall–Kier alpha value is -0.860. The minimum absolute atomic E-state index is 0.292. The fourth-order valence-corrected chi connectivity index (χ4v) is 0.615. The van der Waals surface area contributed by atoms with E-state index < -0.39 is 0 Å². The first-order valence-electron chi connectivity index (χ1n) is 3.35. The van der Waals surface area contributed by atoms with Gasteiger partial charge >= 0.3 is 0 Å². The highest BCUT2D eigenvalue weighted by Crippen LogP contribution is 1.87. The highest BCUT2D eigenvalue weighted by Gasteiger charge is 1.95. The lowest BCUT2D eigenvalue weighted by atomic mass is 10.3. The number of nitrogens with zero attached hydrogens (tertiary/aromatic N) is 2. The van der Waals surface area contributed by atoms with Crippen molar-refractivity contribution >= 4 is 11.5 Å². The van der Waals surface area contributed by atoms with Gasteiger partial charge in [0, 0.05) is 13.1 Å². The Balaban J connectivity index is 4.20. The maximum absolute atomic E-state index is 5.48. The Labute approximate surface area is 62.1 Å². The lowest BCUT2D eigenvalue weighted by Crippen LogP contribution is -2.22. The van der Waals surface area contributed by atoms with Crippen molar-refractivity contribution in [2.75, 3.05) is 7.05 Å². The number of aliphatic imine (C=N–C) groups is 2. The van der Waals surface area contributed by atoms with Gasteiger partial charge in [0.25, 0.3) is 0 Å². The van der Waals surface area contributed by atoms with E-state index in [1.807, 2.05) is 20.8 Å². The number of hydrogen-bond acceptors (Lipinski definition) is 2. The molecular weight excluding hydrogens is 126 g/mol. The van der Waals surface area contributed by atoms with Gasteiger partial charge < -0.3 is 5.73 Å². The van der Waals surface area contributed by atoms with Gasteiger partial charge in [0.05, 0.1) is 5.71 Å². The molecule has 0 aliphatic rings. The second kappa shape index (κ2) is 4.04. The molecule has 3 heteroatoms. The van der Waals surface area contributed by atoms with E-state index in [-0.39, 0.29) is 0 Å². The van der Waals surface area contributed by atoms with Gasteiger partial charge in [0.2, 0.25) is 0 Å². The van der Waals surface area contributed by atoms with Crippen LogP contribution in [0.4, 0.5) is 0 Å². The van der Waals surface area contributed by atoms with Gasteiger partial charge in [0.15, 0.2) is 0 Å². The number of amidine groups is 1. The van der Waals surface area contributed by atoms with E-state index >= 15 is 0 Å². The molecule has 2 N–H and O–H groups in total. The second-order valence-corrected chi connectivity index (χ2v) is 2.42. The van der Waals surface area contributed by atoms with Crippen LogP contribution in [0.25, 0.3) is 0 Å². The lowest BCUT2D eigenvalue weighted by molar-refractivity contribution is 0.837. The molecule has 0 radical (unpaired) electrons. The van der Waals surface area contributed by atoms with E-state index in [1.165, 1.54) is 0 Å². The molecule has 0 saturated carbocycles. The minimum atomic E-state index is 0.292. The predicted molar refractivity (Wildman–Crippen MR) is 45.8 cm³/mol. The Morgan fingerprint density at radius 3 is 2.20 bits per heavy atom.